The molecule has 5 aromatic rings. The summed E-state index contributed by atoms with van der Waals surface area (Å²) in [6.07, 6.45) is -4.40. The van der Waals surface area contributed by atoms with Crippen molar-refractivity contribution in [3.63, 3.8) is 0 Å². The van der Waals surface area contributed by atoms with Gasteiger partial charge < -0.3 is 15.8 Å². The molecule has 5 nitrogen and oxygen atoms in total. The fourth-order valence-electron chi connectivity index (χ4n) is 4.54. The van der Waals surface area contributed by atoms with Crippen LogP contribution in [-0.4, -0.2) is 23.1 Å². The van der Waals surface area contributed by atoms with Crippen LogP contribution in [0, 0.1) is 0 Å². The van der Waals surface area contributed by atoms with Crippen molar-refractivity contribution in [2.24, 2.45) is 5.73 Å². The van der Waals surface area contributed by atoms with Crippen molar-refractivity contribution >= 4 is 39.9 Å². The minimum Gasteiger partial charge on any atom is -0.462 e. The van der Waals surface area contributed by atoms with Crippen molar-refractivity contribution in [3.8, 4) is 6.01 Å². The van der Waals surface area contributed by atoms with Gasteiger partial charge in [0, 0.05) is 34.4 Å². The van der Waals surface area contributed by atoms with Gasteiger partial charge in [-0.25, -0.2) is 0 Å². The van der Waals surface area contributed by atoms with E-state index >= 15 is 0 Å². The highest BCUT2D eigenvalue weighted by Crippen LogP contribution is 2.36. The van der Waals surface area contributed by atoms with Gasteiger partial charge in [-0.15, -0.1) is 0 Å². The maximum Gasteiger partial charge on any atom is 0.416 e. The summed E-state index contributed by atoms with van der Waals surface area (Å²) in [5.41, 5.74) is 9.21. The monoisotopic (exact) mass is 596 g/mol. The van der Waals surface area contributed by atoms with E-state index in [2.05, 4.69) is 15.3 Å². The third-order valence-electron chi connectivity index (χ3n) is 6.53. The molecular formula is C31H25Cl2F3N4O. The molecule has 1 aromatic heterocycles. The van der Waals surface area contributed by atoms with Crippen LogP contribution in [0.4, 0.5) is 19.0 Å². The molecule has 0 saturated heterocycles. The molecular weight excluding hydrogens is 572 g/mol. The van der Waals surface area contributed by atoms with E-state index in [1.165, 1.54) is 12.1 Å². The van der Waals surface area contributed by atoms with Gasteiger partial charge in [-0.1, -0.05) is 65.7 Å². The van der Waals surface area contributed by atoms with Crippen molar-refractivity contribution in [2.45, 2.75) is 18.6 Å². The van der Waals surface area contributed by atoms with E-state index in [1.807, 2.05) is 66.7 Å². The number of alkyl halides is 3. The SMILES string of the molecule is NCCOc1nc(NCc2ccc(C(F)(F)F)cc2)c2cc(C(c3ccc(Cl)cc3)c3ccc(Cl)cc3)ccc2n1. The Morgan fingerprint density at radius 1 is 0.780 bits per heavy atom. The molecule has 1 heterocycles. The van der Waals surface area contributed by atoms with Crippen molar-refractivity contribution in [2.75, 3.05) is 18.5 Å². The largest absolute Gasteiger partial charge is 0.462 e. The Morgan fingerprint density at radius 2 is 1.37 bits per heavy atom. The zero-order valence-corrected chi connectivity index (χ0v) is 23.1. The molecule has 3 N–H and O–H groups in total. The van der Waals surface area contributed by atoms with Gasteiger partial charge in [-0.05, 0) is 70.8 Å². The van der Waals surface area contributed by atoms with E-state index in [1.54, 1.807) is 0 Å². The molecule has 0 saturated carbocycles. The number of halogens is 5. The third kappa shape index (κ3) is 6.90. The summed E-state index contributed by atoms with van der Waals surface area (Å²) in [6, 6.07) is 26.4. The number of aromatic nitrogens is 2. The summed E-state index contributed by atoms with van der Waals surface area (Å²) < 4.78 is 44.6. The van der Waals surface area contributed by atoms with Gasteiger partial charge in [-0.2, -0.15) is 23.1 Å². The minimum atomic E-state index is -4.40. The van der Waals surface area contributed by atoms with Gasteiger partial charge in [0.25, 0.3) is 0 Å². The van der Waals surface area contributed by atoms with Crippen LogP contribution in [0.5, 0.6) is 6.01 Å². The molecule has 0 atom stereocenters. The fraction of sp³-hybridized carbons (Fsp3) is 0.161. The number of nitrogens with one attached hydrogen (secondary N) is 1. The average molecular weight is 597 g/mol. The van der Waals surface area contributed by atoms with Crippen LogP contribution in [0.3, 0.4) is 0 Å². The molecule has 0 aliphatic heterocycles. The molecule has 0 aliphatic carbocycles. The summed E-state index contributed by atoms with van der Waals surface area (Å²) in [4.78, 5) is 9.11. The lowest BCUT2D eigenvalue weighted by molar-refractivity contribution is -0.137. The van der Waals surface area contributed by atoms with E-state index in [-0.39, 0.29) is 25.1 Å². The van der Waals surface area contributed by atoms with E-state index in [9.17, 15) is 13.2 Å². The van der Waals surface area contributed by atoms with Gasteiger partial charge >= 0.3 is 12.2 Å². The Kier molecular flexibility index (Phi) is 8.63. The van der Waals surface area contributed by atoms with Crippen molar-refractivity contribution in [3.05, 3.63) is 129 Å². The number of nitrogens with zero attached hydrogens (tertiary/aromatic N) is 2. The Labute approximate surface area is 245 Å². The second-order valence-electron chi connectivity index (χ2n) is 9.35. The number of ether oxygens (including phenoxy) is 1. The highest BCUT2D eigenvalue weighted by Gasteiger charge is 2.30. The molecule has 0 unspecified atom stereocenters. The molecule has 210 valence electrons. The van der Waals surface area contributed by atoms with Crippen LogP contribution >= 0.6 is 23.2 Å². The summed E-state index contributed by atoms with van der Waals surface area (Å²) in [5, 5.41) is 5.25. The molecule has 4 aromatic carbocycles. The molecule has 0 aliphatic rings. The van der Waals surface area contributed by atoms with E-state index in [4.69, 9.17) is 33.7 Å². The van der Waals surface area contributed by atoms with Crippen LogP contribution in [0.2, 0.25) is 10.0 Å². The number of rotatable bonds is 9. The molecule has 5 rings (SSSR count). The Morgan fingerprint density at radius 3 is 1.93 bits per heavy atom. The molecule has 0 amide bonds. The number of hydrogen-bond donors (Lipinski definition) is 2. The predicted octanol–water partition coefficient (Wildman–Crippen LogP) is 8.09. The number of benzene rings is 4. The average Bonchev–Trinajstić information content (AvgIpc) is 2.96. The molecule has 0 bridgehead atoms. The Bertz CT molecular complexity index is 1580. The standard InChI is InChI=1S/C31H25Cl2F3N4O/c32-24-10-3-20(4-11-24)28(21-5-12-25(33)13-6-21)22-7-14-27-26(17-22)29(40-30(39-27)41-16-15-37)38-18-19-1-8-23(9-2-19)31(34,35)36/h1-14,17,28H,15-16,18,37H2,(H,38,39,40). The number of hydrogen-bond acceptors (Lipinski definition) is 5. The van der Waals surface area contributed by atoms with E-state index in [0.29, 0.717) is 33.5 Å². The van der Waals surface area contributed by atoms with Crippen LogP contribution in [0.25, 0.3) is 10.9 Å². The lowest BCUT2D eigenvalue weighted by Crippen LogP contribution is -2.13. The van der Waals surface area contributed by atoms with Crippen molar-refractivity contribution in [1.82, 2.24) is 9.97 Å². The Balaban J connectivity index is 1.56. The first-order chi connectivity index (χ1) is 19.7. The first-order valence-corrected chi connectivity index (χ1v) is 13.5. The van der Waals surface area contributed by atoms with Gasteiger partial charge in [0.05, 0.1) is 11.1 Å². The molecule has 41 heavy (non-hydrogen) atoms. The van der Waals surface area contributed by atoms with Crippen molar-refractivity contribution in [1.29, 1.82) is 0 Å². The van der Waals surface area contributed by atoms with Crippen molar-refractivity contribution < 1.29 is 17.9 Å². The Hall–Kier alpha value is -3.85. The van der Waals surface area contributed by atoms with Crippen LogP contribution < -0.4 is 15.8 Å². The maximum atomic E-state index is 13.0. The zero-order chi connectivity index (χ0) is 29.0. The number of nitrogens with two attached hydrogens (primary N) is 1. The smallest absolute Gasteiger partial charge is 0.416 e. The lowest BCUT2D eigenvalue weighted by atomic mass is 9.85. The highest BCUT2D eigenvalue weighted by atomic mass is 35.5. The van der Waals surface area contributed by atoms with Gasteiger partial charge in [0.1, 0.15) is 12.4 Å². The second-order valence-corrected chi connectivity index (χ2v) is 10.2. The quantitative estimate of drug-likeness (QED) is 0.168. The van der Waals surface area contributed by atoms with E-state index in [0.717, 1.165) is 34.2 Å². The molecule has 0 fully saturated rings. The fourth-order valence-corrected chi connectivity index (χ4v) is 4.79. The lowest BCUT2D eigenvalue weighted by Gasteiger charge is -2.20. The summed E-state index contributed by atoms with van der Waals surface area (Å²) in [7, 11) is 0. The summed E-state index contributed by atoms with van der Waals surface area (Å²) in [6.45, 7) is 0.762. The minimum absolute atomic E-state index is 0.148. The van der Waals surface area contributed by atoms with Crippen LogP contribution in [0.1, 0.15) is 33.7 Å². The van der Waals surface area contributed by atoms with Crippen LogP contribution in [0.15, 0.2) is 91.0 Å². The predicted molar refractivity (Wildman–Crippen MR) is 157 cm³/mol. The second kappa shape index (κ2) is 12.3. The van der Waals surface area contributed by atoms with E-state index < -0.39 is 11.7 Å². The maximum absolute atomic E-state index is 13.0. The molecule has 0 radical (unpaired) electrons. The van der Waals surface area contributed by atoms with Gasteiger partial charge in [0.2, 0.25) is 0 Å². The first kappa shape index (κ1) is 28.7. The normalized spacial score (nSPS) is 11.7. The summed E-state index contributed by atoms with van der Waals surface area (Å²) in [5.74, 6) is 0.333. The molecule has 0 spiro atoms. The van der Waals surface area contributed by atoms with Gasteiger partial charge in [0.15, 0.2) is 0 Å². The third-order valence-corrected chi connectivity index (χ3v) is 7.03. The topological polar surface area (TPSA) is 73.1 Å². The zero-order valence-electron chi connectivity index (χ0n) is 21.6. The summed E-state index contributed by atoms with van der Waals surface area (Å²) >= 11 is 12.4. The number of anilines is 1. The molecule has 10 heteroatoms. The highest BCUT2D eigenvalue weighted by molar-refractivity contribution is 6.30. The number of fused-ring (bicyclic) bond motifs is 1. The van der Waals surface area contributed by atoms with Crippen LogP contribution in [-0.2, 0) is 12.7 Å². The first-order valence-electron chi connectivity index (χ1n) is 12.8. The van der Waals surface area contributed by atoms with Gasteiger partial charge in [-0.3, -0.25) is 0 Å².